The molecule has 2 unspecified atom stereocenters. The third-order valence-corrected chi connectivity index (χ3v) is 3.84. The van der Waals surface area contributed by atoms with Crippen molar-refractivity contribution in [2.24, 2.45) is 5.73 Å². The van der Waals surface area contributed by atoms with Crippen LogP contribution in [0.5, 0.6) is 0 Å². The molecule has 0 radical (unpaired) electrons. The lowest BCUT2D eigenvalue weighted by Crippen LogP contribution is -2.50. The van der Waals surface area contributed by atoms with Crippen LogP contribution in [-0.4, -0.2) is 43.8 Å². The van der Waals surface area contributed by atoms with E-state index >= 15 is 0 Å². The van der Waals surface area contributed by atoms with E-state index in [1.54, 1.807) is 12.1 Å². The van der Waals surface area contributed by atoms with Crippen molar-refractivity contribution >= 4 is 15.9 Å². The van der Waals surface area contributed by atoms with Crippen LogP contribution >= 0.6 is 15.9 Å². The van der Waals surface area contributed by atoms with Crippen molar-refractivity contribution in [1.82, 2.24) is 4.90 Å². The first-order chi connectivity index (χ1) is 8.56. The van der Waals surface area contributed by atoms with E-state index in [9.17, 15) is 4.39 Å². The van der Waals surface area contributed by atoms with Gasteiger partial charge in [-0.3, -0.25) is 0 Å². The van der Waals surface area contributed by atoms with Gasteiger partial charge in [0.2, 0.25) is 0 Å². The van der Waals surface area contributed by atoms with Crippen LogP contribution in [0.25, 0.3) is 0 Å². The summed E-state index contributed by atoms with van der Waals surface area (Å²) in [5, 5.41) is 0. The highest BCUT2D eigenvalue weighted by atomic mass is 79.9. The van der Waals surface area contributed by atoms with Gasteiger partial charge in [0.15, 0.2) is 0 Å². The molecule has 1 aromatic rings. The fourth-order valence-corrected chi connectivity index (χ4v) is 2.57. The Morgan fingerprint density at radius 3 is 3.06 bits per heavy atom. The molecule has 0 saturated carbocycles. The number of morpholine rings is 1. The Hall–Kier alpha value is -0.490. The molecular weight excluding hydrogens is 299 g/mol. The van der Waals surface area contributed by atoms with Crippen molar-refractivity contribution in [3.8, 4) is 0 Å². The molecule has 1 heterocycles. The van der Waals surface area contributed by atoms with Crippen molar-refractivity contribution < 1.29 is 9.13 Å². The van der Waals surface area contributed by atoms with Gasteiger partial charge in [0, 0.05) is 19.1 Å². The predicted octanol–water partition coefficient (Wildman–Crippen LogP) is 1.79. The van der Waals surface area contributed by atoms with E-state index in [0.717, 1.165) is 25.3 Å². The molecule has 3 nitrogen and oxygen atoms in total. The maximum absolute atomic E-state index is 13.1. The molecular formula is C13H18BrFN2O. The van der Waals surface area contributed by atoms with Crippen LogP contribution in [0.2, 0.25) is 0 Å². The number of halogens is 2. The van der Waals surface area contributed by atoms with Crippen LogP contribution in [0, 0.1) is 5.82 Å². The third-order valence-electron chi connectivity index (χ3n) is 3.23. The molecule has 2 atom stereocenters. The molecule has 1 fully saturated rings. The number of likely N-dealkylation sites (N-methyl/N-ethyl adjacent to an activating group) is 1. The van der Waals surface area contributed by atoms with Crippen LogP contribution in [0.4, 0.5) is 4.39 Å². The van der Waals surface area contributed by atoms with E-state index in [-0.39, 0.29) is 18.0 Å². The maximum atomic E-state index is 13.1. The van der Waals surface area contributed by atoms with Gasteiger partial charge in [-0.05, 0) is 47.1 Å². The number of benzene rings is 1. The summed E-state index contributed by atoms with van der Waals surface area (Å²) in [5.74, 6) is -0.249. The van der Waals surface area contributed by atoms with Gasteiger partial charge in [-0.1, -0.05) is 6.07 Å². The van der Waals surface area contributed by atoms with E-state index in [4.69, 9.17) is 10.5 Å². The first kappa shape index (κ1) is 13.9. The van der Waals surface area contributed by atoms with Crippen molar-refractivity contribution in [1.29, 1.82) is 0 Å². The first-order valence-electron chi connectivity index (χ1n) is 6.06. The van der Waals surface area contributed by atoms with E-state index in [1.165, 1.54) is 6.07 Å². The number of nitrogens with two attached hydrogens (primary N) is 1. The standard InChI is InChI=1S/C13H18BrFN2O/c1-17-4-5-18-13(8-17)12(16)7-9-2-3-11(15)10(14)6-9/h2-3,6,12-13H,4-5,7-8,16H2,1H3. The number of ether oxygens (including phenoxy) is 1. The van der Waals surface area contributed by atoms with Crippen molar-refractivity contribution in [2.45, 2.75) is 18.6 Å². The summed E-state index contributed by atoms with van der Waals surface area (Å²) in [7, 11) is 2.07. The van der Waals surface area contributed by atoms with Crippen LogP contribution in [0.3, 0.4) is 0 Å². The van der Waals surface area contributed by atoms with Gasteiger partial charge in [0.05, 0.1) is 17.2 Å². The Kier molecular flexibility index (Phi) is 4.72. The smallest absolute Gasteiger partial charge is 0.137 e. The van der Waals surface area contributed by atoms with Gasteiger partial charge in [-0.15, -0.1) is 0 Å². The largest absolute Gasteiger partial charge is 0.374 e. The summed E-state index contributed by atoms with van der Waals surface area (Å²) in [5.41, 5.74) is 7.19. The van der Waals surface area contributed by atoms with Gasteiger partial charge >= 0.3 is 0 Å². The Morgan fingerprint density at radius 1 is 1.61 bits per heavy atom. The zero-order valence-electron chi connectivity index (χ0n) is 10.4. The van der Waals surface area contributed by atoms with Crippen LogP contribution < -0.4 is 5.73 Å². The fraction of sp³-hybridized carbons (Fsp3) is 0.538. The number of rotatable bonds is 3. The first-order valence-corrected chi connectivity index (χ1v) is 6.85. The molecule has 0 spiro atoms. The summed E-state index contributed by atoms with van der Waals surface area (Å²) in [6.07, 6.45) is 0.741. The molecule has 100 valence electrons. The van der Waals surface area contributed by atoms with Crippen molar-refractivity contribution in [3.05, 3.63) is 34.1 Å². The summed E-state index contributed by atoms with van der Waals surface area (Å²) in [6.45, 7) is 2.52. The molecule has 1 aromatic carbocycles. The third kappa shape index (κ3) is 3.51. The summed E-state index contributed by atoms with van der Waals surface area (Å²) in [4.78, 5) is 2.22. The lowest BCUT2D eigenvalue weighted by molar-refractivity contribution is -0.0319. The quantitative estimate of drug-likeness (QED) is 0.924. The minimum Gasteiger partial charge on any atom is -0.374 e. The van der Waals surface area contributed by atoms with Crippen LogP contribution in [-0.2, 0) is 11.2 Å². The van der Waals surface area contributed by atoms with Gasteiger partial charge in [0.25, 0.3) is 0 Å². The molecule has 18 heavy (non-hydrogen) atoms. The molecule has 0 aliphatic carbocycles. The monoisotopic (exact) mass is 316 g/mol. The average Bonchev–Trinajstić information content (AvgIpc) is 2.34. The second-order valence-electron chi connectivity index (χ2n) is 4.79. The zero-order valence-corrected chi connectivity index (χ0v) is 12.0. The summed E-state index contributed by atoms with van der Waals surface area (Å²) >= 11 is 3.19. The minimum absolute atomic E-state index is 0.0487. The zero-order chi connectivity index (χ0) is 13.1. The van der Waals surface area contributed by atoms with Crippen LogP contribution in [0.15, 0.2) is 22.7 Å². The van der Waals surface area contributed by atoms with Crippen molar-refractivity contribution in [3.63, 3.8) is 0 Å². The molecule has 1 saturated heterocycles. The Morgan fingerprint density at radius 2 is 2.39 bits per heavy atom. The second-order valence-corrected chi connectivity index (χ2v) is 5.64. The fourth-order valence-electron chi connectivity index (χ4n) is 2.14. The lowest BCUT2D eigenvalue weighted by Gasteiger charge is -2.33. The highest BCUT2D eigenvalue weighted by molar-refractivity contribution is 9.10. The molecule has 0 amide bonds. The predicted molar refractivity (Wildman–Crippen MR) is 73.0 cm³/mol. The summed E-state index contributed by atoms with van der Waals surface area (Å²) in [6, 6.07) is 4.94. The van der Waals surface area contributed by atoms with Crippen molar-refractivity contribution in [2.75, 3.05) is 26.7 Å². The molecule has 5 heteroatoms. The lowest BCUT2D eigenvalue weighted by atomic mass is 10.0. The average molecular weight is 317 g/mol. The van der Waals surface area contributed by atoms with Gasteiger partial charge < -0.3 is 15.4 Å². The Bertz CT molecular complexity index is 416. The molecule has 2 rings (SSSR count). The number of hydrogen-bond donors (Lipinski definition) is 1. The molecule has 1 aliphatic rings. The van der Waals surface area contributed by atoms with Gasteiger partial charge in [0.1, 0.15) is 5.82 Å². The topological polar surface area (TPSA) is 38.5 Å². The number of nitrogens with zero attached hydrogens (tertiary/aromatic N) is 1. The highest BCUT2D eigenvalue weighted by Gasteiger charge is 2.24. The van der Waals surface area contributed by atoms with E-state index in [0.29, 0.717) is 10.9 Å². The van der Waals surface area contributed by atoms with E-state index in [1.807, 2.05) is 0 Å². The Labute approximate surface area is 115 Å². The SMILES string of the molecule is CN1CCOC(C(N)Cc2ccc(F)c(Br)c2)C1. The van der Waals surface area contributed by atoms with Gasteiger partial charge in [-0.25, -0.2) is 4.39 Å². The molecule has 2 N–H and O–H groups in total. The molecule has 0 bridgehead atoms. The summed E-state index contributed by atoms with van der Waals surface area (Å²) < 4.78 is 19.3. The van der Waals surface area contributed by atoms with Gasteiger partial charge in [-0.2, -0.15) is 0 Å². The second kappa shape index (κ2) is 6.10. The highest BCUT2D eigenvalue weighted by Crippen LogP contribution is 2.19. The number of hydrogen-bond acceptors (Lipinski definition) is 3. The van der Waals surface area contributed by atoms with E-state index < -0.39 is 0 Å². The van der Waals surface area contributed by atoms with E-state index in [2.05, 4.69) is 27.9 Å². The Balaban J connectivity index is 1.97. The normalized spacial score (nSPS) is 23.0. The minimum atomic E-state index is -0.249. The molecule has 0 aromatic heterocycles. The van der Waals surface area contributed by atoms with Crippen LogP contribution in [0.1, 0.15) is 5.56 Å². The maximum Gasteiger partial charge on any atom is 0.137 e. The molecule has 1 aliphatic heterocycles.